The van der Waals surface area contributed by atoms with Crippen LogP contribution in [0.3, 0.4) is 0 Å². The van der Waals surface area contributed by atoms with Crippen LogP contribution < -0.4 is 0 Å². The highest BCUT2D eigenvalue weighted by Gasteiger charge is 1.72. The van der Waals surface area contributed by atoms with Crippen LogP contribution in [0.4, 0.5) is 0 Å². The first-order valence-corrected chi connectivity index (χ1v) is 4.42. The maximum absolute atomic E-state index is 5.19. The Hall–Kier alpha value is -0.490. The zero-order valence-electron chi connectivity index (χ0n) is 7.18. The van der Waals surface area contributed by atoms with Crippen molar-refractivity contribution in [2.75, 3.05) is 5.88 Å². The van der Waals surface area contributed by atoms with Gasteiger partial charge in [-0.1, -0.05) is 42.8 Å². The van der Waals surface area contributed by atoms with Gasteiger partial charge in [0.1, 0.15) is 0 Å². The molecule has 62 valence electrons. The van der Waals surface area contributed by atoms with Crippen molar-refractivity contribution in [3.05, 3.63) is 35.9 Å². The summed E-state index contributed by atoms with van der Waals surface area (Å²) in [6.07, 6.45) is 1.08. The predicted molar refractivity (Wildman–Crippen MR) is 52.2 cm³/mol. The summed E-state index contributed by atoms with van der Waals surface area (Å²) < 4.78 is 0. The molecule has 0 aliphatic heterocycles. The lowest BCUT2D eigenvalue weighted by Crippen LogP contribution is -1.62. The summed E-state index contributed by atoms with van der Waals surface area (Å²) in [7, 11) is 0. The third-order valence-electron chi connectivity index (χ3n) is 1.13. The second-order valence-electron chi connectivity index (χ2n) is 2.34. The maximum Gasteiger partial charge on any atom is 0.0220 e. The lowest BCUT2D eigenvalue weighted by Gasteiger charge is -1.82. The first kappa shape index (κ1) is 10.5. The number of rotatable bonds is 1. The van der Waals surface area contributed by atoms with E-state index in [-0.39, 0.29) is 0 Å². The average Bonchev–Trinajstić information content (AvgIpc) is 2.07. The van der Waals surface area contributed by atoms with Crippen molar-refractivity contribution in [2.45, 2.75) is 20.3 Å². The second-order valence-corrected chi connectivity index (χ2v) is 2.72. The van der Waals surface area contributed by atoms with E-state index in [4.69, 9.17) is 11.6 Å². The maximum atomic E-state index is 5.19. The zero-order chi connectivity index (χ0) is 8.53. The van der Waals surface area contributed by atoms with Gasteiger partial charge >= 0.3 is 0 Å². The van der Waals surface area contributed by atoms with E-state index in [0.717, 1.165) is 12.3 Å². The quantitative estimate of drug-likeness (QED) is 0.565. The molecule has 0 heterocycles. The lowest BCUT2D eigenvalue weighted by atomic mass is 10.2. The minimum atomic E-state index is 0.792. The highest BCUT2D eigenvalue weighted by atomic mass is 35.5. The van der Waals surface area contributed by atoms with E-state index in [9.17, 15) is 0 Å². The molecule has 0 spiro atoms. The number of alkyl halides is 1. The van der Waals surface area contributed by atoms with Crippen molar-refractivity contribution in [1.82, 2.24) is 0 Å². The van der Waals surface area contributed by atoms with Crippen LogP contribution in [0.25, 0.3) is 0 Å². The number of halogens is 1. The molecule has 0 N–H and O–H groups in total. The molecule has 0 unspecified atom stereocenters. The number of benzene rings is 1. The number of hydrogen-bond donors (Lipinski definition) is 0. The van der Waals surface area contributed by atoms with Crippen LogP contribution in [-0.4, -0.2) is 5.88 Å². The van der Waals surface area contributed by atoms with Gasteiger partial charge < -0.3 is 0 Å². The molecule has 0 bridgehead atoms. The summed E-state index contributed by atoms with van der Waals surface area (Å²) in [6.45, 7) is 4.13. The molecule has 0 saturated heterocycles. The van der Waals surface area contributed by atoms with Gasteiger partial charge in [-0.25, -0.2) is 0 Å². The zero-order valence-corrected chi connectivity index (χ0v) is 7.93. The smallest absolute Gasteiger partial charge is 0.0220 e. The SMILES string of the molecule is CCCCl.Cc1ccccc1. The standard InChI is InChI=1S/C7H8.C3H7Cl/c1-7-5-3-2-4-6-7;1-2-3-4/h2-6H,1H3;2-3H2,1H3. The van der Waals surface area contributed by atoms with Crippen molar-refractivity contribution in [3.63, 3.8) is 0 Å². The molecular formula is C10H15Cl. The Labute approximate surface area is 74.2 Å². The highest BCUT2D eigenvalue weighted by Crippen LogP contribution is 1.92. The average molecular weight is 171 g/mol. The van der Waals surface area contributed by atoms with Crippen LogP contribution in [0, 0.1) is 6.92 Å². The predicted octanol–water partition coefficient (Wildman–Crippen LogP) is 3.63. The molecule has 1 aromatic carbocycles. The minimum absolute atomic E-state index is 0.792. The Morgan fingerprint density at radius 3 is 1.82 bits per heavy atom. The van der Waals surface area contributed by atoms with Gasteiger partial charge in [0.2, 0.25) is 0 Å². The number of aryl methyl sites for hydroxylation is 1. The first-order valence-electron chi connectivity index (χ1n) is 3.89. The van der Waals surface area contributed by atoms with E-state index >= 15 is 0 Å². The molecule has 0 amide bonds. The van der Waals surface area contributed by atoms with Gasteiger partial charge in [-0.15, -0.1) is 11.6 Å². The Morgan fingerprint density at radius 2 is 1.64 bits per heavy atom. The van der Waals surface area contributed by atoms with Crippen molar-refractivity contribution in [3.8, 4) is 0 Å². The molecule has 1 rings (SSSR count). The molecule has 0 atom stereocenters. The summed E-state index contributed by atoms with van der Waals surface area (Å²) in [5.41, 5.74) is 1.32. The van der Waals surface area contributed by atoms with Crippen LogP contribution in [0.1, 0.15) is 18.9 Å². The van der Waals surface area contributed by atoms with E-state index in [1.165, 1.54) is 5.56 Å². The van der Waals surface area contributed by atoms with E-state index < -0.39 is 0 Å². The summed E-state index contributed by atoms with van der Waals surface area (Å²) in [4.78, 5) is 0. The molecule has 0 radical (unpaired) electrons. The number of hydrogen-bond acceptors (Lipinski definition) is 0. The molecule has 0 saturated carbocycles. The highest BCUT2D eigenvalue weighted by molar-refractivity contribution is 6.17. The normalized spacial score (nSPS) is 8.27. The summed E-state index contributed by atoms with van der Waals surface area (Å²) in [5, 5.41) is 0. The van der Waals surface area contributed by atoms with Crippen LogP contribution in [0.15, 0.2) is 30.3 Å². The topological polar surface area (TPSA) is 0 Å². The van der Waals surface area contributed by atoms with E-state index in [0.29, 0.717) is 0 Å². The monoisotopic (exact) mass is 170 g/mol. The van der Waals surface area contributed by atoms with Gasteiger partial charge in [-0.2, -0.15) is 0 Å². The van der Waals surface area contributed by atoms with E-state index in [1.807, 2.05) is 25.1 Å². The van der Waals surface area contributed by atoms with Crippen LogP contribution in [0.5, 0.6) is 0 Å². The fraction of sp³-hybridized carbons (Fsp3) is 0.400. The fourth-order valence-electron chi connectivity index (χ4n) is 0.534. The molecule has 0 fully saturated rings. The largest absolute Gasteiger partial charge is 0.127 e. The minimum Gasteiger partial charge on any atom is -0.127 e. The molecule has 0 aliphatic carbocycles. The Kier molecular flexibility index (Phi) is 7.28. The van der Waals surface area contributed by atoms with E-state index in [2.05, 4.69) is 19.1 Å². The summed E-state index contributed by atoms with van der Waals surface area (Å²) in [5.74, 6) is 0.792. The Morgan fingerprint density at radius 1 is 1.18 bits per heavy atom. The third-order valence-corrected chi connectivity index (χ3v) is 1.51. The fourth-order valence-corrected chi connectivity index (χ4v) is 0.534. The van der Waals surface area contributed by atoms with Gasteiger partial charge in [-0.3, -0.25) is 0 Å². The molecule has 1 heteroatoms. The molecule has 11 heavy (non-hydrogen) atoms. The summed E-state index contributed by atoms with van der Waals surface area (Å²) in [6, 6.07) is 10.3. The lowest BCUT2D eigenvalue weighted by molar-refractivity contribution is 1.10. The second kappa shape index (κ2) is 7.62. The van der Waals surface area contributed by atoms with Crippen LogP contribution in [0.2, 0.25) is 0 Å². The van der Waals surface area contributed by atoms with E-state index in [1.54, 1.807) is 0 Å². The van der Waals surface area contributed by atoms with Crippen LogP contribution >= 0.6 is 11.6 Å². The third kappa shape index (κ3) is 7.41. The van der Waals surface area contributed by atoms with Crippen molar-refractivity contribution in [2.24, 2.45) is 0 Å². The molecule has 1 aromatic rings. The van der Waals surface area contributed by atoms with Gasteiger partial charge in [0.05, 0.1) is 0 Å². The molecule has 0 aromatic heterocycles. The molecule has 0 aliphatic rings. The van der Waals surface area contributed by atoms with Gasteiger partial charge in [0.15, 0.2) is 0 Å². The molecule has 0 nitrogen and oxygen atoms in total. The summed E-state index contributed by atoms with van der Waals surface area (Å²) >= 11 is 5.19. The Bertz CT molecular complexity index is 156. The van der Waals surface area contributed by atoms with Crippen LogP contribution in [-0.2, 0) is 0 Å². The van der Waals surface area contributed by atoms with Gasteiger partial charge in [-0.05, 0) is 13.3 Å². The van der Waals surface area contributed by atoms with Crippen molar-refractivity contribution < 1.29 is 0 Å². The van der Waals surface area contributed by atoms with Gasteiger partial charge in [0, 0.05) is 5.88 Å². The van der Waals surface area contributed by atoms with Gasteiger partial charge in [0.25, 0.3) is 0 Å². The molecular weight excluding hydrogens is 156 g/mol. The van der Waals surface area contributed by atoms with Crippen molar-refractivity contribution >= 4 is 11.6 Å². The Balaban J connectivity index is 0.000000218. The first-order chi connectivity index (χ1) is 5.31. The van der Waals surface area contributed by atoms with Crippen molar-refractivity contribution in [1.29, 1.82) is 0 Å².